The Bertz CT molecular complexity index is 478. The van der Waals surface area contributed by atoms with Crippen molar-refractivity contribution in [2.45, 2.75) is 25.8 Å². The number of aromatic nitrogens is 2. The molecule has 1 aromatic rings. The van der Waals surface area contributed by atoms with Gasteiger partial charge in [-0.05, 0) is 18.8 Å². The maximum absolute atomic E-state index is 12.0. The summed E-state index contributed by atoms with van der Waals surface area (Å²) >= 11 is 0. The molecule has 110 valence electrons. The quantitative estimate of drug-likeness (QED) is 0.854. The van der Waals surface area contributed by atoms with Crippen LogP contribution in [0.2, 0.25) is 0 Å². The first-order valence-electron chi connectivity index (χ1n) is 6.76. The second kappa shape index (κ2) is 6.40. The number of nitrogens with zero attached hydrogens (tertiary/aromatic N) is 3. The Morgan fingerprint density at radius 2 is 2.15 bits per heavy atom. The van der Waals surface area contributed by atoms with Crippen LogP contribution in [0.25, 0.3) is 0 Å². The van der Waals surface area contributed by atoms with E-state index in [4.69, 9.17) is 5.11 Å². The van der Waals surface area contributed by atoms with Gasteiger partial charge in [0.25, 0.3) is 0 Å². The van der Waals surface area contributed by atoms with Crippen LogP contribution in [0.5, 0.6) is 0 Å². The van der Waals surface area contributed by atoms with Crippen LogP contribution in [-0.4, -0.2) is 44.9 Å². The van der Waals surface area contributed by atoms with Gasteiger partial charge in [0.05, 0.1) is 6.20 Å². The smallest absolute Gasteiger partial charge is 0.317 e. The number of rotatable bonds is 4. The average Bonchev–Trinajstić information content (AvgIpc) is 2.82. The van der Waals surface area contributed by atoms with E-state index in [1.54, 1.807) is 15.8 Å². The van der Waals surface area contributed by atoms with E-state index in [2.05, 4.69) is 10.4 Å². The minimum Gasteiger partial charge on any atom is -0.481 e. The molecule has 0 aromatic carbocycles. The van der Waals surface area contributed by atoms with Gasteiger partial charge in [0.15, 0.2) is 0 Å². The summed E-state index contributed by atoms with van der Waals surface area (Å²) in [6, 6.07) is -0.0948. The standard InChI is InChI=1S/C13H20N4O3/c1-16-9-11(8-15-16)7-14-13(20)17-4-2-10(3-5-17)6-12(18)19/h8-10H,2-7H2,1H3,(H,14,20)(H,18,19). The zero-order chi connectivity index (χ0) is 14.5. The number of carbonyl (C=O) groups excluding carboxylic acids is 1. The van der Waals surface area contributed by atoms with Crippen molar-refractivity contribution in [2.75, 3.05) is 13.1 Å². The number of amides is 2. The Balaban J connectivity index is 1.73. The van der Waals surface area contributed by atoms with Crippen molar-refractivity contribution in [3.8, 4) is 0 Å². The fourth-order valence-electron chi connectivity index (χ4n) is 2.44. The molecule has 1 saturated heterocycles. The Kier molecular flexibility index (Phi) is 4.60. The maximum atomic E-state index is 12.0. The molecule has 0 aliphatic carbocycles. The largest absolute Gasteiger partial charge is 0.481 e. The van der Waals surface area contributed by atoms with E-state index in [9.17, 15) is 9.59 Å². The molecule has 7 heteroatoms. The van der Waals surface area contributed by atoms with Gasteiger partial charge in [0, 0.05) is 44.9 Å². The number of piperidine rings is 1. The molecular formula is C13H20N4O3. The molecule has 2 N–H and O–H groups in total. The van der Waals surface area contributed by atoms with Crippen molar-refractivity contribution in [1.29, 1.82) is 0 Å². The van der Waals surface area contributed by atoms with E-state index < -0.39 is 5.97 Å². The summed E-state index contributed by atoms with van der Waals surface area (Å²) in [4.78, 5) is 24.4. The number of urea groups is 1. The number of likely N-dealkylation sites (tertiary alicyclic amines) is 1. The Morgan fingerprint density at radius 1 is 1.45 bits per heavy atom. The van der Waals surface area contributed by atoms with Crippen LogP contribution in [0.3, 0.4) is 0 Å². The minimum absolute atomic E-state index is 0.0948. The predicted octanol–water partition coefficient (Wildman–Crippen LogP) is 0.816. The first-order chi connectivity index (χ1) is 9.54. The molecule has 0 saturated carbocycles. The topological polar surface area (TPSA) is 87.5 Å². The summed E-state index contributed by atoms with van der Waals surface area (Å²) in [5.74, 6) is -0.570. The lowest BCUT2D eigenvalue weighted by atomic mass is 9.94. The van der Waals surface area contributed by atoms with Gasteiger partial charge in [-0.15, -0.1) is 0 Å². The molecule has 1 aliphatic rings. The van der Waals surface area contributed by atoms with Gasteiger partial charge in [0.1, 0.15) is 0 Å². The highest BCUT2D eigenvalue weighted by Gasteiger charge is 2.24. The van der Waals surface area contributed by atoms with Crippen molar-refractivity contribution in [3.05, 3.63) is 18.0 Å². The van der Waals surface area contributed by atoms with Crippen molar-refractivity contribution in [3.63, 3.8) is 0 Å². The van der Waals surface area contributed by atoms with Gasteiger partial charge in [-0.3, -0.25) is 9.48 Å². The van der Waals surface area contributed by atoms with Gasteiger partial charge in [-0.2, -0.15) is 5.10 Å². The van der Waals surface area contributed by atoms with E-state index in [1.807, 2.05) is 13.2 Å². The number of nitrogens with one attached hydrogen (secondary N) is 1. The zero-order valence-corrected chi connectivity index (χ0v) is 11.6. The fourth-order valence-corrected chi connectivity index (χ4v) is 2.44. The molecule has 1 aliphatic heterocycles. The summed E-state index contributed by atoms with van der Waals surface area (Å²) in [6.07, 6.45) is 5.29. The molecule has 1 fully saturated rings. The predicted molar refractivity (Wildman–Crippen MR) is 72.0 cm³/mol. The van der Waals surface area contributed by atoms with Crippen LogP contribution >= 0.6 is 0 Å². The van der Waals surface area contributed by atoms with Crippen LogP contribution in [0.15, 0.2) is 12.4 Å². The maximum Gasteiger partial charge on any atom is 0.317 e. The van der Waals surface area contributed by atoms with E-state index in [1.165, 1.54) is 0 Å². The number of hydrogen-bond acceptors (Lipinski definition) is 3. The summed E-state index contributed by atoms with van der Waals surface area (Å²) in [5, 5.41) is 15.6. The van der Waals surface area contributed by atoms with Gasteiger partial charge >= 0.3 is 12.0 Å². The summed E-state index contributed by atoms with van der Waals surface area (Å²) in [6.45, 7) is 1.70. The molecule has 20 heavy (non-hydrogen) atoms. The molecule has 7 nitrogen and oxygen atoms in total. The molecule has 0 atom stereocenters. The lowest BCUT2D eigenvalue weighted by Gasteiger charge is -2.31. The van der Waals surface area contributed by atoms with Crippen LogP contribution in [0, 0.1) is 5.92 Å². The summed E-state index contributed by atoms with van der Waals surface area (Å²) < 4.78 is 1.69. The summed E-state index contributed by atoms with van der Waals surface area (Å²) in [5.41, 5.74) is 0.960. The molecule has 2 amide bonds. The molecule has 0 unspecified atom stereocenters. The number of carboxylic acid groups (broad SMARTS) is 1. The molecular weight excluding hydrogens is 260 g/mol. The first kappa shape index (κ1) is 14.4. The van der Waals surface area contributed by atoms with Gasteiger partial charge in [0.2, 0.25) is 0 Å². The number of hydrogen-bond donors (Lipinski definition) is 2. The highest BCUT2D eigenvalue weighted by atomic mass is 16.4. The Labute approximate surface area is 117 Å². The molecule has 0 spiro atoms. The first-order valence-corrected chi connectivity index (χ1v) is 6.76. The van der Waals surface area contributed by atoms with Crippen LogP contribution < -0.4 is 5.32 Å². The van der Waals surface area contributed by atoms with Crippen molar-refractivity contribution < 1.29 is 14.7 Å². The highest BCUT2D eigenvalue weighted by Crippen LogP contribution is 2.20. The Morgan fingerprint density at radius 3 is 2.70 bits per heavy atom. The number of aliphatic carboxylic acids is 1. The number of carbonyl (C=O) groups is 2. The van der Waals surface area contributed by atoms with E-state index in [-0.39, 0.29) is 18.4 Å². The third-order valence-electron chi connectivity index (χ3n) is 3.57. The van der Waals surface area contributed by atoms with Gasteiger partial charge in [-0.25, -0.2) is 4.79 Å². The van der Waals surface area contributed by atoms with Crippen LogP contribution in [-0.2, 0) is 18.4 Å². The van der Waals surface area contributed by atoms with Gasteiger partial charge < -0.3 is 15.3 Å². The highest BCUT2D eigenvalue weighted by molar-refractivity contribution is 5.74. The average molecular weight is 280 g/mol. The molecule has 2 rings (SSSR count). The van der Waals surface area contributed by atoms with E-state index >= 15 is 0 Å². The second-order valence-electron chi connectivity index (χ2n) is 5.21. The molecule has 0 radical (unpaired) electrons. The fraction of sp³-hybridized carbons (Fsp3) is 0.615. The monoisotopic (exact) mass is 280 g/mol. The Hall–Kier alpha value is -2.05. The van der Waals surface area contributed by atoms with Crippen LogP contribution in [0.4, 0.5) is 4.79 Å². The number of carboxylic acids is 1. The SMILES string of the molecule is Cn1cc(CNC(=O)N2CCC(CC(=O)O)CC2)cn1. The minimum atomic E-state index is -0.760. The van der Waals surface area contributed by atoms with Crippen molar-refractivity contribution in [2.24, 2.45) is 13.0 Å². The molecule has 2 heterocycles. The zero-order valence-electron chi connectivity index (χ0n) is 11.6. The van der Waals surface area contributed by atoms with Crippen molar-refractivity contribution >= 4 is 12.0 Å². The van der Waals surface area contributed by atoms with Crippen LogP contribution in [0.1, 0.15) is 24.8 Å². The lowest BCUT2D eigenvalue weighted by molar-refractivity contribution is -0.138. The van der Waals surface area contributed by atoms with Crippen molar-refractivity contribution in [1.82, 2.24) is 20.0 Å². The normalized spacial score (nSPS) is 16.1. The summed E-state index contributed by atoms with van der Waals surface area (Å²) in [7, 11) is 1.83. The third-order valence-corrected chi connectivity index (χ3v) is 3.57. The van der Waals surface area contributed by atoms with Gasteiger partial charge in [-0.1, -0.05) is 0 Å². The van der Waals surface area contributed by atoms with E-state index in [0.29, 0.717) is 19.6 Å². The van der Waals surface area contributed by atoms with E-state index in [0.717, 1.165) is 18.4 Å². The second-order valence-corrected chi connectivity index (χ2v) is 5.21. The third kappa shape index (κ3) is 3.97. The molecule has 0 bridgehead atoms. The number of aryl methyl sites for hydroxylation is 1. The lowest BCUT2D eigenvalue weighted by Crippen LogP contribution is -2.44. The molecule has 1 aromatic heterocycles.